The summed E-state index contributed by atoms with van der Waals surface area (Å²) in [6, 6.07) is 5.40. The van der Waals surface area contributed by atoms with Crippen LogP contribution in [0.15, 0.2) is 18.2 Å². The molecule has 0 aliphatic rings. The predicted molar refractivity (Wildman–Crippen MR) is 73.0 cm³/mol. The maximum Gasteiger partial charge on any atom is 0.213 e. The number of aliphatic hydroxyl groups excluding tert-OH is 1. The first-order chi connectivity index (χ1) is 8.44. The Bertz CT molecular complexity index is 488. The zero-order valence-corrected chi connectivity index (χ0v) is 11.1. The zero-order valence-electron chi connectivity index (χ0n) is 10.3. The van der Waals surface area contributed by atoms with E-state index in [4.69, 9.17) is 10.8 Å². The van der Waals surface area contributed by atoms with Crippen LogP contribution in [0, 0.1) is 6.92 Å². The Labute approximate surface area is 107 Å². The first kappa shape index (κ1) is 14.7. The second-order valence-corrected chi connectivity index (χ2v) is 5.86. The van der Waals surface area contributed by atoms with Gasteiger partial charge < -0.3 is 16.2 Å². The van der Waals surface area contributed by atoms with E-state index in [1.807, 2.05) is 19.1 Å². The van der Waals surface area contributed by atoms with Crippen molar-refractivity contribution in [2.45, 2.75) is 6.92 Å². The lowest BCUT2D eigenvalue weighted by molar-refractivity contribution is 0.301. The number of aryl methyl sites for hydroxylation is 1. The van der Waals surface area contributed by atoms with E-state index in [0.29, 0.717) is 12.2 Å². The van der Waals surface area contributed by atoms with Crippen molar-refractivity contribution in [3.63, 3.8) is 0 Å². The van der Waals surface area contributed by atoms with Crippen molar-refractivity contribution in [2.24, 2.45) is 0 Å². The molecule has 5 N–H and O–H groups in total. The van der Waals surface area contributed by atoms with Crippen molar-refractivity contribution in [1.82, 2.24) is 4.72 Å². The third-order valence-electron chi connectivity index (χ3n) is 2.37. The van der Waals surface area contributed by atoms with E-state index >= 15 is 0 Å². The highest BCUT2D eigenvalue weighted by molar-refractivity contribution is 7.89. The van der Waals surface area contributed by atoms with Gasteiger partial charge in [-0.15, -0.1) is 0 Å². The van der Waals surface area contributed by atoms with Crippen LogP contribution >= 0.6 is 0 Å². The Morgan fingerprint density at radius 2 is 2.06 bits per heavy atom. The molecule has 0 saturated carbocycles. The Balaban J connectivity index is 2.46. The largest absolute Gasteiger partial charge is 0.399 e. The SMILES string of the molecule is Cc1cc(N)ccc1NCCS(=O)(=O)NCCO. The van der Waals surface area contributed by atoms with Gasteiger partial charge in [-0.25, -0.2) is 13.1 Å². The standard InChI is InChI=1S/C11H19N3O3S/c1-9-8-10(12)2-3-11(9)13-5-7-18(16,17)14-4-6-15/h2-3,8,13-15H,4-7,12H2,1H3. The Hall–Kier alpha value is -1.31. The van der Waals surface area contributed by atoms with E-state index in [2.05, 4.69) is 10.0 Å². The Morgan fingerprint density at radius 3 is 2.67 bits per heavy atom. The van der Waals surface area contributed by atoms with E-state index in [9.17, 15) is 8.42 Å². The van der Waals surface area contributed by atoms with Crippen molar-refractivity contribution in [1.29, 1.82) is 0 Å². The summed E-state index contributed by atoms with van der Waals surface area (Å²) in [5.41, 5.74) is 8.13. The van der Waals surface area contributed by atoms with Crippen LogP contribution in [0.2, 0.25) is 0 Å². The third-order valence-corrected chi connectivity index (χ3v) is 3.76. The predicted octanol–water partition coefficient (Wildman–Crippen LogP) is -0.0992. The zero-order chi connectivity index (χ0) is 13.6. The summed E-state index contributed by atoms with van der Waals surface area (Å²) in [5, 5.41) is 11.6. The molecule has 0 fully saturated rings. The summed E-state index contributed by atoms with van der Waals surface area (Å²) in [5.74, 6) is -0.0448. The van der Waals surface area contributed by atoms with Crippen molar-refractivity contribution in [2.75, 3.05) is 36.5 Å². The molecule has 7 heteroatoms. The maximum atomic E-state index is 11.4. The molecular formula is C11H19N3O3S. The van der Waals surface area contributed by atoms with Crippen LogP contribution in [-0.4, -0.2) is 39.0 Å². The molecule has 0 saturated heterocycles. The lowest BCUT2D eigenvalue weighted by atomic mass is 10.2. The summed E-state index contributed by atoms with van der Waals surface area (Å²) in [4.78, 5) is 0. The van der Waals surface area contributed by atoms with Crippen molar-refractivity contribution >= 4 is 21.4 Å². The molecule has 102 valence electrons. The number of rotatable bonds is 7. The first-order valence-electron chi connectivity index (χ1n) is 5.63. The van der Waals surface area contributed by atoms with Crippen LogP contribution in [-0.2, 0) is 10.0 Å². The molecular weight excluding hydrogens is 254 g/mol. The topological polar surface area (TPSA) is 104 Å². The number of hydrogen-bond donors (Lipinski definition) is 4. The van der Waals surface area contributed by atoms with E-state index < -0.39 is 10.0 Å². The second-order valence-electron chi connectivity index (χ2n) is 3.94. The van der Waals surface area contributed by atoms with Gasteiger partial charge in [0, 0.05) is 24.5 Å². The minimum atomic E-state index is -3.33. The average molecular weight is 273 g/mol. The van der Waals surface area contributed by atoms with E-state index in [0.717, 1.165) is 11.3 Å². The molecule has 0 aromatic heterocycles. The van der Waals surface area contributed by atoms with E-state index in [1.54, 1.807) is 6.07 Å². The van der Waals surface area contributed by atoms with Crippen LogP contribution in [0.5, 0.6) is 0 Å². The second kappa shape index (κ2) is 6.58. The van der Waals surface area contributed by atoms with Crippen LogP contribution in [0.3, 0.4) is 0 Å². The lowest BCUT2D eigenvalue weighted by Crippen LogP contribution is -2.31. The number of nitrogens with one attached hydrogen (secondary N) is 2. The molecule has 0 heterocycles. The number of nitrogen functional groups attached to an aromatic ring is 1. The van der Waals surface area contributed by atoms with Crippen molar-refractivity contribution in [3.8, 4) is 0 Å². The van der Waals surface area contributed by atoms with Gasteiger partial charge in [0.25, 0.3) is 0 Å². The molecule has 0 radical (unpaired) electrons. The normalized spacial score (nSPS) is 11.4. The summed E-state index contributed by atoms with van der Waals surface area (Å²) in [6.07, 6.45) is 0. The molecule has 1 rings (SSSR count). The van der Waals surface area contributed by atoms with Gasteiger partial charge in [0.15, 0.2) is 0 Å². The number of anilines is 2. The van der Waals surface area contributed by atoms with Gasteiger partial charge in [0.05, 0.1) is 12.4 Å². The highest BCUT2D eigenvalue weighted by Gasteiger charge is 2.08. The fourth-order valence-corrected chi connectivity index (χ4v) is 2.40. The third kappa shape index (κ3) is 4.91. The average Bonchev–Trinajstić information content (AvgIpc) is 2.29. The molecule has 0 atom stereocenters. The summed E-state index contributed by atoms with van der Waals surface area (Å²) in [6.45, 7) is 2.04. The number of hydrogen-bond acceptors (Lipinski definition) is 5. The molecule has 0 amide bonds. The first-order valence-corrected chi connectivity index (χ1v) is 7.28. The quantitative estimate of drug-likeness (QED) is 0.519. The molecule has 1 aromatic rings. The monoisotopic (exact) mass is 273 g/mol. The van der Waals surface area contributed by atoms with Gasteiger partial charge in [0.1, 0.15) is 0 Å². The molecule has 1 aromatic carbocycles. The van der Waals surface area contributed by atoms with E-state index in [1.165, 1.54) is 0 Å². The van der Waals surface area contributed by atoms with Crippen molar-refractivity contribution < 1.29 is 13.5 Å². The smallest absolute Gasteiger partial charge is 0.213 e. The van der Waals surface area contributed by atoms with Crippen LogP contribution < -0.4 is 15.8 Å². The fraction of sp³-hybridized carbons (Fsp3) is 0.455. The summed E-state index contributed by atoms with van der Waals surface area (Å²) < 4.78 is 25.2. The van der Waals surface area contributed by atoms with Gasteiger partial charge in [-0.3, -0.25) is 0 Å². The lowest BCUT2D eigenvalue weighted by Gasteiger charge is -2.10. The minimum Gasteiger partial charge on any atom is -0.399 e. The Morgan fingerprint density at radius 1 is 1.33 bits per heavy atom. The van der Waals surface area contributed by atoms with Gasteiger partial charge in [-0.1, -0.05) is 0 Å². The minimum absolute atomic E-state index is 0.0448. The highest BCUT2D eigenvalue weighted by atomic mass is 32.2. The van der Waals surface area contributed by atoms with E-state index in [-0.39, 0.29) is 18.9 Å². The van der Waals surface area contributed by atoms with Crippen LogP contribution in [0.25, 0.3) is 0 Å². The van der Waals surface area contributed by atoms with Crippen LogP contribution in [0.1, 0.15) is 5.56 Å². The molecule has 0 aliphatic heterocycles. The molecule has 6 nitrogen and oxygen atoms in total. The summed E-state index contributed by atoms with van der Waals surface area (Å²) >= 11 is 0. The highest BCUT2D eigenvalue weighted by Crippen LogP contribution is 2.17. The van der Waals surface area contributed by atoms with Crippen molar-refractivity contribution in [3.05, 3.63) is 23.8 Å². The number of aliphatic hydroxyl groups is 1. The van der Waals surface area contributed by atoms with Crippen LogP contribution in [0.4, 0.5) is 11.4 Å². The van der Waals surface area contributed by atoms with Gasteiger partial charge in [-0.2, -0.15) is 0 Å². The maximum absolute atomic E-state index is 11.4. The number of benzene rings is 1. The molecule has 0 bridgehead atoms. The molecule has 0 aliphatic carbocycles. The van der Waals surface area contributed by atoms with Gasteiger partial charge in [0.2, 0.25) is 10.0 Å². The molecule has 0 unspecified atom stereocenters. The molecule has 18 heavy (non-hydrogen) atoms. The summed E-state index contributed by atoms with van der Waals surface area (Å²) in [7, 11) is -3.33. The number of nitrogens with two attached hydrogens (primary N) is 1. The fourth-order valence-electron chi connectivity index (χ4n) is 1.48. The number of sulfonamides is 1. The van der Waals surface area contributed by atoms with Gasteiger partial charge >= 0.3 is 0 Å². The Kier molecular flexibility index (Phi) is 5.39. The van der Waals surface area contributed by atoms with Gasteiger partial charge in [-0.05, 0) is 30.7 Å². The molecule has 0 spiro atoms.